The number of unbranched alkanes of at least 4 members (excludes halogenated alkanes) is 4. The molecule has 0 saturated heterocycles. The number of rotatable bonds is 23. The minimum absolute atomic E-state index is 0.107. The van der Waals surface area contributed by atoms with Gasteiger partial charge in [-0.2, -0.15) is 0 Å². The number of amides is 1. The maximum absolute atomic E-state index is 11.6. The van der Waals surface area contributed by atoms with Crippen LogP contribution in [0.2, 0.25) is 0 Å². The van der Waals surface area contributed by atoms with E-state index in [0.717, 1.165) is 18.5 Å². The normalized spacial score (nSPS) is 10.8. The predicted octanol–water partition coefficient (Wildman–Crippen LogP) is 3.99. The van der Waals surface area contributed by atoms with Gasteiger partial charge in [0.1, 0.15) is 19.0 Å². The first kappa shape index (κ1) is 30.8. The van der Waals surface area contributed by atoms with Gasteiger partial charge in [-0.05, 0) is 30.7 Å². The second kappa shape index (κ2) is 22.3. The summed E-state index contributed by atoms with van der Waals surface area (Å²) in [5, 5.41) is 2.70. The zero-order valence-corrected chi connectivity index (χ0v) is 21.4. The molecule has 1 amide bonds. The van der Waals surface area contributed by atoms with E-state index in [0.29, 0.717) is 71.6 Å². The number of esters is 1. The van der Waals surface area contributed by atoms with E-state index in [1.54, 1.807) is 24.3 Å². The summed E-state index contributed by atoms with van der Waals surface area (Å²) in [4.78, 5) is 22.6. The van der Waals surface area contributed by atoms with Crippen LogP contribution >= 0.6 is 0 Å². The minimum Gasteiger partial charge on any atom is -0.491 e. The highest BCUT2D eigenvalue weighted by molar-refractivity contribution is 5.88. The molecule has 9 heteroatoms. The summed E-state index contributed by atoms with van der Waals surface area (Å²) >= 11 is 0. The lowest BCUT2D eigenvalue weighted by Crippen LogP contribution is -2.15. The van der Waals surface area contributed by atoms with Gasteiger partial charge >= 0.3 is 5.97 Å². The van der Waals surface area contributed by atoms with Crippen LogP contribution in [0.1, 0.15) is 52.4 Å². The molecule has 1 aromatic carbocycles. The number of ether oxygens (including phenoxy) is 6. The van der Waals surface area contributed by atoms with Crippen molar-refractivity contribution >= 4 is 17.6 Å². The highest BCUT2D eigenvalue weighted by Gasteiger charge is 2.02. The monoisotopic (exact) mass is 497 g/mol. The minimum atomic E-state index is -0.149. The van der Waals surface area contributed by atoms with Crippen molar-refractivity contribution in [2.45, 2.75) is 52.4 Å². The van der Waals surface area contributed by atoms with Crippen LogP contribution in [0.3, 0.4) is 0 Å². The van der Waals surface area contributed by atoms with Crippen LogP contribution in [0.4, 0.5) is 5.69 Å². The molecule has 1 aromatic rings. The van der Waals surface area contributed by atoms with Crippen molar-refractivity contribution in [1.82, 2.24) is 0 Å². The molecular weight excluding hydrogens is 454 g/mol. The maximum atomic E-state index is 11.6. The Labute approximate surface area is 209 Å². The average molecular weight is 498 g/mol. The van der Waals surface area contributed by atoms with Gasteiger partial charge < -0.3 is 33.7 Å². The fourth-order valence-electron chi connectivity index (χ4n) is 2.98. The number of hydrogen-bond acceptors (Lipinski definition) is 8. The molecule has 0 aliphatic heterocycles. The van der Waals surface area contributed by atoms with Gasteiger partial charge in [-0.25, -0.2) is 0 Å². The Morgan fingerprint density at radius 2 is 1.20 bits per heavy atom. The van der Waals surface area contributed by atoms with E-state index in [-0.39, 0.29) is 18.5 Å². The highest BCUT2D eigenvalue weighted by Crippen LogP contribution is 2.15. The molecule has 0 saturated carbocycles. The lowest BCUT2D eigenvalue weighted by molar-refractivity contribution is -0.145. The molecule has 0 radical (unpaired) electrons. The maximum Gasteiger partial charge on any atom is 0.305 e. The third-order valence-corrected chi connectivity index (χ3v) is 4.76. The molecule has 0 aliphatic carbocycles. The van der Waals surface area contributed by atoms with Gasteiger partial charge in [-0.1, -0.05) is 32.6 Å². The highest BCUT2D eigenvalue weighted by atomic mass is 16.6. The van der Waals surface area contributed by atoms with Gasteiger partial charge in [-0.15, -0.1) is 0 Å². The molecule has 0 fully saturated rings. The van der Waals surface area contributed by atoms with Crippen molar-refractivity contribution in [2.75, 3.05) is 71.4 Å². The Morgan fingerprint density at radius 1 is 0.686 bits per heavy atom. The third kappa shape index (κ3) is 19.8. The van der Waals surface area contributed by atoms with E-state index in [4.69, 9.17) is 28.4 Å². The smallest absolute Gasteiger partial charge is 0.305 e. The van der Waals surface area contributed by atoms with E-state index in [1.807, 2.05) is 0 Å². The van der Waals surface area contributed by atoms with Crippen molar-refractivity contribution in [2.24, 2.45) is 0 Å². The number of carbonyl (C=O) groups excluding carboxylic acids is 2. The number of carbonyl (C=O) groups is 2. The second-order valence-corrected chi connectivity index (χ2v) is 7.89. The molecule has 9 nitrogen and oxygen atoms in total. The Morgan fingerprint density at radius 3 is 1.74 bits per heavy atom. The standard InChI is InChI=1S/C26H43NO8/c1-3-4-5-6-7-8-26(29)35-22-20-33-18-16-31-14-13-30-15-17-32-19-21-34-25-11-9-24(10-12-25)27-23(2)28/h9-12H,3-8,13-22H2,1-2H3,(H,27,28). The number of nitrogens with one attached hydrogen (secondary N) is 1. The van der Waals surface area contributed by atoms with E-state index >= 15 is 0 Å². The van der Waals surface area contributed by atoms with E-state index in [1.165, 1.54) is 26.2 Å². The van der Waals surface area contributed by atoms with Crippen molar-refractivity contribution in [1.29, 1.82) is 0 Å². The van der Waals surface area contributed by atoms with E-state index in [2.05, 4.69) is 12.2 Å². The van der Waals surface area contributed by atoms with Gasteiger partial charge in [-0.3, -0.25) is 9.59 Å². The fourth-order valence-corrected chi connectivity index (χ4v) is 2.98. The van der Waals surface area contributed by atoms with Gasteiger partial charge in [0.2, 0.25) is 5.91 Å². The first-order chi connectivity index (χ1) is 17.1. The van der Waals surface area contributed by atoms with E-state index < -0.39 is 0 Å². The molecule has 0 bridgehead atoms. The Bertz CT molecular complexity index is 653. The van der Waals surface area contributed by atoms with E-state index in [9.17, 15) is 9.59 Å². The number of benzene rings is 1. The molecule has 200 valence electrons. The molecule has 0 atom stereocenters. The zero-order chi connectivity index (χ0) is 25.4. The van der Waals surface area contributed by atoms with Gasteiger partial charge in [0.05, 0.1) is 52.9 Å². The van der Waals surface area contributed by atoms with Crippen LogP contribution in [0, 0.1) is 0 Å². The second-order valence-electron chi connectivity index (χ2n) is 7.89. The van der Waals surface area contributed by atoms with Crippen LogP contribution < -0.4 is 10.1 Å². The Kier molecular flexibility index (Phi) is 19.6. The number of hydrogen-bond donors (Lipinski definition) is 1. The van der Waals surface area contributed by atoms with Crippen LogP contribution in [0.25, 0.3) is 0 Å². The SMILES string of the molecule is CCCCCCCC(=O)OCCOCCOCCOCCOCCOc1ccc(NC(C)=O)cc1. The van der Waals surface area contributed by atoms with Crippen molar-refractivity contribution in [3.05, 3.63) is 24.3 Å². The summed E-state index contributed by atoms with van der Waals surface area (Å²) in [6.45, 7) is 8.03. The number of anilines is 1. The Hall–Kier alpha value is -2.20. The summed E-state index contributed by atoms with van der Waals surface area (Å²) in [6.07, 6.45) is 6.08. The molecule has 0 spiro atoms. The molecule has 0 heterocycles. The van der Waals surface area contributed by atoms with Crippen LogP contribution in [-0.2, 0) is 33.3 Å². The van der Waals surface area contributed by atoms with Crippen molar-refractivity contribution in [3.8, 4) is 5.75 Å². The first-order valence-corrected chi connectivity index (χ1v) is 12.6. The van der Waals surface area contributed by atoms with Crippen LogP contribution in [0.15, 0.2) is 24.3 Å². The van der Waals surface area contributed by atoms with Crippen LogP contribution in [-0.4, -0.2) is 77.9 Å². The summed E-state index contributed by atoms with van der Waals surface area (Å²) < 4.78 is 32.4. The lowest BCUT2D eigenvalue weighted by Gasteiger charge is -2.09. The predicted molar refractivity (Wildman–Crippen MR) is 134 cm³/mol. The molecule has 0 aliphatic rings. The summed E-state index contributed by atoms with van der Waals surface area (Å²) in [7, 11) is 0. The fraction of sp³-hybridized carbons (Fsp3) is 0.692. The largest absolute Gasteiger partial charge is 0.491 e. The van der Waals surface area contributed by atoms with Gasteiger partial charge in [0.15, 0.2) is 0 Å². The summed E-state index contributed by atoms with van der Waals surface area (Å²) in [6, 6.07) is 7.17. The average Bonchev–Trinajstić information content (AvgIpc) is 2.84. The third-order valence-electron chi connectivity index (χ3n) is 4.76. The molecule has 1 rings (SSSR count). The molecule has 0 aromatic heterocycles. The molecule has 0 unspecified atom stereocenters. The first-order valence-electron chi connectivity index (χ1n) is 12.6. The zero-order valence-electron chi connectivity index (χ0n) is 21.4. The molecule has 35 heavy (non-hydrogen) atoms. The summed E-state index contributed by atoms with van der Waals surface area (Å²) in [5.41, 5.74) is 0.733. The topological polar surface area (TPSA) is 102 Å². The molecular formula is C26H43NO8. The van der Waals surface area contributed by atoms with Crippen molar-refractivity contribution in [3.63, 3.8) is 0 Å². The van der Waals surface area contributed by atoms with Crippen LogP contribution in [0.5, 0.6) is 5.75 Å². The Balaban J connectivity index is 1.78. The summed E-state index contributed by atoms with van der Waals surface area (Å²) in [5.74, 6) is 0.462. The van der Waals surface area contributed by atoms with Gasteiger partial charge in [0, 0.05) is 19.0 Å². The van der Waals surface area contributed by atoms with Crippen molar-refractivity contribution < 1.29 is 38.0 Å². The lowest BCUT2D eigenvalue weighted by atomic mass is 10.1. The molecule has 1 N–H and O–H groups in total. The van der Waals surface area contributed by atoms with Gasteiger partial charge in [0.25, 0.3) is 0 Å². The quantitative estimate of drug-likeness (QED) is 0.179.